The van der Waals surface area contributed by atoms with E-state index < -0.39 is 0 Å². The van der Waals surface area contributed by atoms with Gasteiger partial charge in [0.25, 0.3) is 0 Å². The van der Waals surface area contributed by atoms with Crippen molar-refractivity contribution in [1.82, 2.24) is 4.90 Å². The van der Waals surface area contributed by atoms with Crippen LogP contribution in [0.1, 0.15) is 52.9 Å². The molecular formula is C18H31N3O. The molecule has 0 fully saturated rings. The van der Waals surface area contributed by atoms with Gasteiger partial charge in [-0.05, 0) is 50.6 Å². The highest BCUT2D eigenvalue weighted by Crippen LogP contribution is 2.15. The molecular weight excluding hydrogens is 274 g/mol. The monoisotopic (exact) mass is 305 g/mol. The fraction of sp³-hybridized carbons (Fsp3) is 0.611. The van der Waals surface area contributed by atoms with E-state index in [9.17, 15) is 4.79 Å². The van der Waals surface area contributed by atoms with Crippen LogP contribution >= 0.6 is 0 Å². The Hall–Kier alpha value is -1.55. The van der Waals surface area contributed by atoms with Crippen LogP contribution in [-0.4, -0.2) is 29.9 Å². The number of nitrogens with one attached hydrogen (secondary N) is 1. The predicted molar refractivity (Wildman–Crippen MR) is 95.0 cm³/mol. The van der Waals surface area contributed by atoms with Gasteiger partial charge in [-0.3, -0.25) is 9.69 Å². The van der Waals surface area contributed by atoms with Crippen LogP contribution in [0.15, 0.2) is 24.3 Å². The third kappa shape index (κ3) is 6.06. The fourth-order valence-electron chi connectivity index (χ4n) is 2.60. The number of carbonyl (C=O) groups excluding carboxylic acids is 1. The minimum absolute atomic E-state index is 0.0697. The largest absolute Gasteiger partial charge is 0.399 e. The Morgan fingerprint density at radius 3 is 2.32 bits per heavy atom. The van der Waals surface area contributed by atoms with Crippen molar-refractivity contribution >= 4 is 17.3 Å². The Labute approximate surface area is 135 Å². The van der Waals surface area contributed by atoms with E-state index in [1.807, 2.05) is 18.2 Å². The highest BCUT2D eigenvalue weighted by atomic mass is 16.2. The zero-order valence-corrected chi connectivity index (χ0v) is 14.3. The van der Waals surface area contributed by atoms with E-state index in [-0.39, 0.29) is 11.9 Å². The van der Waals surface area contributed by atoms with E-state index in [0.29, 0.717) is 5.69 Å². The van der Waals surface area contributed by atoms with Gasteiger partial charge in [0, 0.05) is 11.4 Å². The Morgan fingerprint density at radius 2 is 1.82 bits per heavy atom. The molecule has 4 heteroatoms. The number of nitrogens with two attached hydrogens (primary N) is 1. The predicted octanol–water partition coefficient (Wildman–Crippen LogP) is 3.89. The Bertz CT molecular complexity index is 440. The molecule has 4 nitrogen and oxygen atoms in total. The van der Waals surface area contributed by atoms with Crippen LogP contribution in [0.4, 0.5) is 11.4 Å². The van der Waals surface area contributed by atoms with E-state index in [1.54, 1.807) is 6.07 Å². The van der Waals surface area contributed by atoms with Crippen molar-refractivity contribution in [3.8, 4) is 0 Å². The SMILES string of the molecule is CCCCN(CCCC)C(CC)C(=O)Nc1cccc(N)c1. The first-order valence-corrected chi connectivity index (χ1v) is 8.52. The first-order chi connectivity index (χ1) is 10.6. The van der Waals surface area contributed by atoms with Crippen LogP contribution in [-0.2, 0) is 4.79 Å². The molecule has 0 heterocycles. The van der Waals surface area contributed by atoms with Crippen LogP contribution < -0.4 is 11.1 Å². The summed E-state index contributed by atoms with van der Waals surface area (Å²) in [5.41, 5.74) is 7.21. The summed E-state index contributed by atoms with van der Waals surface area (Å²) in [6.07, 6.45) is 5.38. The first kappa shape index (κ1) is 18.5. The second-order valence-corrected chi connectivity index (χ2v) is 5.78. The van der Waals surface area contributed by atoms with Gasteiger partial charge in [0.1, 0.15) is 0 Å². The highest BCUT2D eigenvalue weighted by Gasteiger charge is 2.23. The van der Waals surface area contributed by atoms with Crippen molar-refractivity contribution in [2.24, 2.45) is 0 Å². The van der Waals surface area contributed by atoms with Crippen LogP contribution in [0.3, 0.4) is 0 Å². The molecule has 1 rings (SSSR count). The van der Waals surface area contributed by atoms with Gasteiger partial charge in [0.2, 0.25) is 5.91 Å². The van der Waals surface area contributed by atoms with Crippen molar-refractivity contribution in [3.05, 3.63) is 24.3 Å². The minimum Gasteiger partial charge on any atom is -0.399 e. The molecule has 0 aliphatic carbocycles. The van der Waals surface area contributed by atoms with Gasteiger partial charge in [-0.2, -0.15) is 0 Å². The molecule has 1 amide bonds. The van der Waals surface area contributed by atoms with Crippen molar-refractivity contribution in [2.45, 2.75) is 58.9 Å². The highest BCUT2D eigenvalue weighted by molar-refractivity contribution is 5.95. The molecule has 0 aliphatic heterocycles. The molecule has 0 saturated heterocycles. The fourth-order valence-corrected chi connectivity index (χ4v) is 2.60. The van der Waals surface area contributed by atoms with Crippen molar-refractivity contribution < 1.29 is 4.79 Å². The Morgan fingerprint density at radius 1 is 1.18 bits per heavy atom. The summed E-state index contributed by atoms with van der Waals surface area (Å²) in [4.78, 5) is 15.0. The molecule has 0 aromatic heterocycles. The maximum Gasteiger partial charge on any atom is 0.241 e. The molecule has 1 atom stereocenters. The lowest BCUT2D eigenvalue weighted by Gasteiger charge is -2.30. The molecule has 1 unspecified atom stereocenters. The van der Waals surface area contributed by atoms with Crippen LogP contribution in [0.5, 0.6) is 0 Å². The number of hydrogen-bond donors (Lipinski definition) is 2. The van der Waals surface area contributed by atoms with Gasteiger partial charge in [0.05, 0.1) is 6.04 Å². The maximum absolute atomic E-state index is 12.6. The molecule has 124 valence electrons. The van der Waals surface area contributed by atoms with Gasteiger partial charge < -0.3 is 11.1 Å². The second kappa shape index (κ2) is 10.2. The number of rotatable bonds is 10. The minimum atomic E-state index is -0.0699. The average Bonchev–Trinajstić information content (AvgIpc) is 2.50. The Balaban J connectivity index is 2.73. The average molecular weight is 305 g/mol. The van der Waals surface area contributed by atoms with Gasteiger partial charge in [-0.25, -0.2) is 0 Å². The third-order valence-corrected chi connectivity index (χ3v) is 3.88. The number of nitrogen functional groups attached to an aromatic ring is 1. The number of benzene rings is 1. The van der Waals surface area contributed by atoms with Gasteiger partial charge in [-0.15, -0.1) is 0 Å². The zero-order valence-electron chi connectivity index (χ0n) is 14.3. The summed E-state index contributed by atoms with van der Waals surface area (Å²) in [5.74, 6) is 0.0697. The van der Waals surface area contributed by atoms with E-state index in [2.05, 4.69) is 31.0 Å². The molecule has 0 aliphatic rings. The molecule has 1 aromatic carbocycles. The zero-order chi connectivity index (χ0) is 16.4. The van der Waals surface area contributed by atoms with E-state index in [0.717, 1.165) is 50.9 Å². The van der Waals surface area contributed by atoms with Crippen LogP contribution in [0.2, 0.25) is 0 Å². The standard InChI is InChI=1S/C18H31N3O/c1-4-7-12-21(13-8-5-2)17(6-3)18(22)20-16-11-9-10-15(19)14-16/h9-11,14,17H,4-8,12-13,19H2,1-3H3,(H,20,22). The van der Waals surface area contributed by atoms with Crippen molar-refractivity contribution in [1.29, 1.82) is 0 Å². The van der Waals surface area contributed by atoms with E-state index >= 15 is 0 Å². The van der Waals surface area contributed by atoms with Crippen molar-refractivity contribution in [3.63, 3.8) is 0 Å². The second-order valence-electron chi connectivity index (χ2n) is 5.78. The Kier molecular flexibility index (Phi) is 8.60. The topological polar surface area (TPSA) is 58.4 Å². The quantitative estimate of drug-likeness (QED) is 0.645. The summed E-state index contributed by atoms with van der Waals surface area (Å²) >= 11 is 0. The van der Waals surface area contributed by atoms with E-state index in [4.69, 9.17) is 5.73 Å². The summed E-state index contributed by atoms with van der Waals surface area (Å²) < 4.78 is 0. The smallest absolute Gasteiger partial charge is 0.241 e. The van der Waals surface area contributed by atoms with Gasteiger partial charge in [-0.1, -0.05) is 39.7 Å². The number of unbranched alkanes of at least 4 members (excludes halogenated alkanes) is 2. The normalized spacial score (nSPS) is 12.4. The summed E-state index contributed by atoms with van der Waals surface area (Å²) in [5, 5.41) is 3.01. The number of anilines is 2. The first-order valence-electron chi connectivity index (χ1n) is 8.52. The third-order valence-electron chi connectivity index (χ3n) is 3.88. The molecule has 22 heavy (non-hydrogen) atoms. The molecule has 3 N–H and O–H groups in total. The van der Waals surface area contributed by atoms with E-state index in [1.165, 1.54) is 0 Å². The number of carbonyl (C=O) groups is 1. The summed E-state index contributed by atoms with van der Waals surface area (Å²) in [6, 6.07) is 7.29. The summed E-state index contributed by atoms with van der Waals surface area (Å²) in [7, 11) is 0. The molecule has 0 spiro atoms. The number of hydrogen-bond acceptors (Lipinski definition) is 3. The molecule has 0 saturated carbocycles. The van der Waals surface area contributed by atoms with Crippen LogP contribution in [0.25, 0.3) is 0 Å². The van der Waals surface area contributed by atoms with Gasteiger partial charge >= 0.3 is 0 Å². The molecule has 1 aromatic rings. The number of nitrogens with zero attached hydrogens (tertiary/aromatic N) is 1. The lowest BCUT2D eigenvalue weighted by atomic mass is 10.1. The number of amides is 1. The van der Waals surface area contributed by atoms with Crippen LogP contribution in [0, 0.1) is 0 Å². The van der Waals surface area contributed by atoms with Crippen molar-refractivity contribution in [2.75, 3.05) is 24.1 Å². The lowest BCUT2D eigenvalue weighted by molar-refractivity contribution is -0.121. The van der Waals surface area contributed by atoms with Gasteiger partial charge in [0.15, 0.2) is 0 Å². The molecule has 0 radical (unpaired) electrons. The maximum atomic E-state index is 12.6. The lowest BCUT2D eigenvalue weighted by Crippen LogP contribution is -2.44. The summed E-state index contributed by atoms with van der Waals surface area (Å²) in [6.45, 7) is 8.42. The molecule has 0 bridgehead atoms.